The summed E-state index contributed by atoms with van der Waals surface area (Å²) in [5, 5.41) is -0.0650. The van der Waals surface area contributed by atoms with E-state index in [4.69, 9.17) is 21.1 Å². The first kappa shape index (κ1) is 21.2. The number of hydrogen-bond acceptors (Lipinski definition) is 5. The van der Waals surface area contributed by atoms with Crippen molar-refractivity contribution in [3.05, 3.63) is 70.9 Å². The summed E-state index contributed by atoms with van der Waals surface area (Å²) >= 11 is 6.88. The minimum atomic E-state index is -0.842. The van der Waals surface area contributed by atoms with Crippen molar-refractivity contribution in [3.8, 4) is 11.5 Å². The predicted octanol–water partition coefficient (Wildman–Crippen LogP) is 5.68. The molecule has 0 fully saturated rings. The molecule has 0 spiro atoms. The van der Waals surface area contributed by atoms with Gasteiger partial charge in [-0.05, 0) is 36.4 Å². The van der Waals surface area contributed by atoms with Gasteiger partial charge < -0.3 is 9.47 Å². The van der Waals surface area contributed by atoms with Gasteiger partial charge >= 0.3 is 6.03 Å². The highest BCUT2D eigenvalue weighted by Crippen LogP contribution is 2.43. The Kier molecular flexibility index (Phi) is 5.88. The molecule has 31 heavy (non-hydrogen) atoms. The van der Waals surface area contributed by atoms with Crippen LogP contribution >= 0.6 is 23.5 Å². The Balaban J connectivity index is 1.77. The first-order valence-electron chi connectivity index (χ1n) is 9.03. The number of nitrogens with zero attached hydrogens (tertiary/aromatic N) is 3. The molecule has 0 saturated heterocycles. The van der Waals surface area contributed by atoms with Gasteiger partial charge in [-0.3, -0.25) is 4.90 Å². The zero-order valence-electron chi connectivity index (χ0n) is 16.4. The average molecular weight is 464 g/mol. The molecule has 0 radical (unpaired) electrons. The lowest BCUT2D eigenvalue weighted by Gasteiger charge is -2.35. The van der Waals surface area contributed by atoms with E-state index in [-0.39, 0.29) is 17.1 Å². The molecule has 0 N–H and O–H groups in total. The van der Waals surface area contributed by atoms with Crippen molar-refractivity contribution in [3.63, 3.8) is 0 Å². The number of aromatic nitrogens is 1. The normalized spacial score (nSPS) is 13.3. The van der Waals surface area contributed by atoms with E-state index in [0.29, 0.717) is 27.9 Å². The van der Waals surface area contributed by atoms with Crippen LogP contribution in [0.4, 0.5) is 25.1 Å². The number of benzene rings is 2. The highest BCUT2D eigenvalue weighted by atomic mass is 35.5. The smallest absolute Gasteiger partial charge is 0.341 e. The first-order valence-corrected chi connectivity index (χ1v) is 10.2. The topological polar surface area (TPSA) is 54.9 Å². The zero-order valence-corrected chi connectivity index (χ0v) is 18.0. The molecule has 0 saturated carbocycles. The molecule has 2 aromatic carbocycles. The van der Waals surface area contributed by atoms with Gasteiger partial charge in [0.1, 0.15) is 11.6 Å². The second-order valence-corrected chi connectivity index (χ2v) is 7.89. The summed E-state index contributed by atoms with van der Waals surface area (Å²) in [4.78, 5) is 19.5. The second-order valence-electron chi connectivity index (χ2n) is 6.47. The number of anilines is 2. The Hall–Kier alpha value is -3.04. The molecule has 6 nitrogen and oxygen atoms in total. The van der Waals surface area contributed by atoms with Crippen molar-refractivity contribution in [2.24, 2.45) is 0 Å². The van der Waals surface area contributed by atoms with Crippen molar-refractivity contribution in [1.82, 2.24) is 4.98 Å². The molecule has 10 heteroatoms. The molecule has 0 bridgehead atoms. The van der Waals surface area contributed by atoms with E-state index >= 15 is 0 Å². The molecule has 2 amide bonds. The van der Waals surface area contributed by atoms with E-state index in [1.54, 1.807) is 30.3 Å². The van der Waals surface area contributed by atoms with Crippen LogP contribution in [0, 0.1) is 11.6 Å². The Morgan fingerprint density at radius 1 is 1.06 bits per heavy atom. The van der Waals surface area contributed by atoms with Crippen LogP contribution in [0.5, 0.6) is 11.5 Å². The third-order valence-electron chi connectivity index (χ3n) is 4.62. The van der Waals surface area contributed by atoms with Gasteiger partial charge in [-0.2, -0.15) is 0 Å². The third-order valence-corrected chi connectivity index (χ3v) is 5.91. The molecule has 1 aliphatic heterocycles. The minimum absolute atomic E-state index is 0.0650. The number of ether oxygens (including phenoxy) is 2. The largest absolute Gasteiger partial charge is 0.493 e. The van der Waals surface area contributed by atoms with E-state index in [9.17, 15) is 13.6 Å². The molecular weight excluding hydrogens is 448 g/mol. The second kappa shape index (κ2) is 8.60. The minimum Gasteiger partial charge on any atom is -0.493 e. The van der Waals surface area contributed by atoms with Crippen LogP contribution in [0.15, 0.2) is 53.6 Å². The van der Waals surface area contributed by atoms with Crippen molar-refractivity contribution < 1.29 is 23.0 Å². The lowest BCUT2D eigenvalue weighted by molar-refractivity contribution is 0.253. The Labute approximate surface area is 186 Å². The predicted molar refractivity (Wildman–Crippen MR) is 115 cm³/mol. The van der Waals surface area contributed by atoms with E-state index in [1.807, 2.05) is 0 Å². The van der Waals surface area contributed by atoms with Gasteiger partial charge in [0.2, 0.25) is 0 Å². The molecule has 1 aromatic heterocycles. The summed E-state index contributed by atoms with van der Waals surface area (Å²) in [5.74, 6) is -0.433. The highest BCUT2D eigenvalue weighted by molar-refractivity contribution is 8.01. The van der Waals surface area contributed by atoms with Crippen molar-refractivity contribution in [2.45, 2.75) is 11.4 Å². The van der Waals surface area contributed by atoms with Crippen LogP contribution in [-0.4, -0.2) is 25.2 Å². The van der Waals surface area contributed by atoms with Gasteiger partial charge in [-0.1, -0.05) is 11.6 Å². The molecule has 160 valence electrons. The van der Waals surface area contributed by atoms with E-state index < -0.39 is 17.7 Å². The molecule has 1 aliphatic rings. The number of carbonyl (C=O) groups excluding carboxylic acids is 1. The van der Waals surface area contributed by atoms with Crippen LogP contribution in [-0.2, 0) is 6.54 Å². The quantitative estimate of drug-likeness (QED) is 0.455. The number of rotatable bonds is 5. The van der Waals surface area contributed by atoms with E-state index in [0.717, 1.165) is 24.1 Å². The maximum Gasteiger partial charge on any atom is 0.341 e. The maximum atomic E-state index is 14.4. The first-order chi connectivity index (χ1) is 14.9. The van der Waals surface area contributed by atoms with Crippen LogP contribution in [0.1, 0.15) is 5.56 Å². The molecule has 0 unspecified atom stereocenters. The lowest BCUT2D eigenvalue weighted by Crippen LogP contribution is -2.43. The van der Waals surface area contributed by atoms with Gasteiger partial charge in [-0.15, -0.1) is 0 Å². The fraction of sp³-hybridized carbons (Fsp3) is 0.143. The number of carbonyl (C=O) groups is 1. The van der Waals surface area contributed by atoms with Crippen molar-refractivity contribution in [1.29, 1.82) is 0 Å². The molecule has 2 heterocycles. The van der Waals surface area contributed by atoms with Gasteiger partial charge in [0.25, 0.3) is 0 Å². The van der Waals surface area contributed by atoms with Crippen molar-refractivity contribution in [2.75, 3.05) is 23.4 Å². The van der Waals surface area contributed by atoms with E-state index in [2.05, 4.69) is 4.98 Å². The molecule has 0 atom stereocenters. The number of methoxy groups -OCH3 is 2. The molecule has 4 rings (SSSR count). The summed E-state index contributed by atoms with van der Waals surface area (Å²) < 4.78 is 40.9. The number of pyridine rings is 1. The third kappa shape index (κ3) is 3.98. The SMILES string of the molecule is COc1ccc(N2Sc3cccnc3N(Cc3c(F)cc(Cl)cc3F)C2=O)cc1OC. The number of fused-ring (bicyclic) bond motifs is 1. The lowest BCUT2D eigenvalue weighted by atomic mass is 10.2. The summed E-state index contributed by atoms with van der Waals surface area (Å²) in [6.45, 7) is -0.359. The van der Waals surface area contributed by atoms with Crippen molar-refractivity contribution >= 4 is 41.1 Å². The number of amides is 2. The summed E-state index contributed by atoms with van der Waals surface area (Å²) in [5.41, 5.74) is 0.220. The Morgan fingerprint density at radius 3 is 2.45 bits per heavy atom. The van der Waals surface area contributed by atoms with Gasteiger partial charge in [0, 0.05) is 34.8 Å². The van der Waals surface area contributed by atoms with Gasteiger partial charge in [0.05, 0.1) is 31.3 Å². The summed E-state index contributed by atoms with van der Waals surface area (Å²) in [6.07, 6.45) is 1.51. The molecular formula is C21H16ClF2N3O3S. The maximum absolute atomic E-state index is 14.4. The average Bonchev–Trinajstić information content (AvgIpc) is 2.76. The Morgan fingerprint density at radius 2 is 1.77 bits per heavy atom. The monoisotopic (exact) mass is 463 g/mol. The highest BCUT2D eigenvalue weighted by Gasteiger charge is 2.35. The van der Waals surface area contributed by atoms with Crippen LogP contribution < -0.4 is 18.7 Å². The van der Waals surface area contributed by atoms with E-state index in [1.165, 1.54) is 29.6 Å². The molecule has 3 aromatic rings. The van der Waals surface area contributed by atoms with Crippen LogP contribution in [0.3, 0.4) is 0 Å². The Bertz CT molecular complexity index is 1140. The van der Waals surface area contributed by atoms with Crippen LogP contribution in [0.2, 0.25) is 5.02 Å². The van der Waals surface area contributed by atoms with Gasteiger partial charge in [-0.25, -0.2) is 22.9 Å². The number of halogens is 3. The fourth-order valence-electron chi connectivity index (χ4n) is 3.13. The summed E-state index contributed by atoms with van der Waals surface area (Å²) in [7, 11) is 3.00. The van der Waals surface area contributed by atoms with Crippen LogP contribution in [0.25, 0.3) is 0 Å². The number of urea groups is 1. The summed E-state index contributed by atoms with van der Waals surface area (Å²) in [6, 6.07) is 10.00. The standard InChI is InChI=1S/C21H16ClF2N3O3S/c1-29-17-6-5-13(10-18(17)30-2)27-21(28)26(20-19(31-27)4-3-7-25-20)11-14-15(23)8-12(22)9-16(14)24/h3-10H,11H2,1-2H3. The number of hydrogen-bond donors (Lipinski definition) is 0. The molecule has 0 aliphatic carbocycles. The fourth-order valence-corrected chi connectivity index (χ4v) is 4.30. The zero-order chi connectivity index (χ0) is 22.1. The van der Waals surface area contributed by atoms with Gasteiger partial charge in [0.15, 0.2) is 17.3 Å².